The molecule has 0 saturated heterocycles. The van der Waals surface area contributed by atoms with Crippen molar-refractivity contribution >= 4 is 40.1 Å². The van der Waals surface area contributed by atoms with Gasteiger partial charge in [-0.15, -0.1) is 0 Å². The maximum atomic E-state index is 13.6. The van der Waals surface area contributed by atoms with Gasteiger partial charge in [0.2, 0.25) is 5.91 Å². The lowest BCUT2D eigenvalue weighted by molar-refractivity contribution is -0.139. The highest BCUT2D eigenvalue weighted by Crippen LogP contribution is 2.45. The SMILES string of the molecule is C[C@H](/C=C/CC(=O)N(CCO)Cc1ccccc1)[C@@]1(O)C(=O)N(Cc2cccc(I)c2)c2ccccc21. The minimum atomic E-state index is -1.73. The Morgan fingerprint density at radius 3 is 2.49 bits per heavy atom. The van der Waals surface area contributed by atoms with E-state index in [-0.39, 0.29) is 31.4 Å². The zero-order valence-electron chi connectivity index (χ0n) is 20.8. The third-order valence-corrected chi connectivity index (χ3v) is 7.39. The van der Waals surface area contributed by atoms with Crippen molar-refractivity contribution in [1.29, 1.82) is 0 Å². The van der Waals surface area contributed by atoms with E-state index in [1.807, 2.05) is 72.8 Å². The normalized spacial score (nSPS) is 17.7. The largest absolute Gasteiger partial charge is 0.395 e. The Morgan fingerprint density at radius 1 is 1.05 bits per heavy atom. The lowest BCUT2D eigenvalue weighted by Crippen LogP contribution is -2.44. The molecule has 6 nitrogen and oxygen atoms in total. The third-order valence-electron chi connectivity index (χ3n) is 6.72. The average Bonchev–Trinajstić information content (AvgIpc) is 3.12. The van der Waals surface area contributed by atoms with E-state index in [1.165, 1.54) is 0 Å². The number of benzene rings is 3. The van der Waals surface area contributed by atoms with Crippen LogP contribution in [0.2, 0.25) is 0 Å². The monoisotopic (exact) mass is 610 g/mol. The van der Waals surface area contributed by atoms with Gasteiger partial charge in [0.15, 0.2) is 5.60 Å². The number of carbonyl (C=O) groups excluding carboxylic acids is 2. The molecule has 2 amide bonds. The summed E-state index contributed by atoms with van der Waals surface area (Å²) in [5, 5.41) is 21.2. The first-order valence-corrected chi connectivity index (χ1v) is 13.4. The number of nitrogens with zero attached hydrogens (tertiary/aromatic N) is 2. The second-order valence-corrected chi connectivity index (χ2v) is 10.5. The van der Waals surface area contributed by atoms with Gasteiger partial charge in [-0.3, -0.25) is 9.59 Å². The fraction of sp³-hybridized carbons (Fsp3) is 0.267. The van der Waals surface area contributed by atoms with Crippen molar-refractivity contribution in [3.63, 3.8) is 0 Å². The summed E-state index contributed by atoms with van der Waals surface area (Å²) in [5.41, 5.74) is 1.50. The molecule has 0 saturated carbocycles. The van der Waals surface area contributed by atoms with Crippen molar-refractivity contribution in [2.45, 2.75) is 32.0 Å². The molecule has 0 fully saturated rings. The van der Waals surface area contributed by atoms with Crippen LogP contribution in [0.1, 0.15) is 30.0 Å². The Balaban J connectivity index is 1.49. The van der Waals surface area contributed by atoms with Gasteiger partial charge >= 0.3 is 0 Å². The van der Waals surface area contributed by atoms with Crippen molar-refractivity contribution in [3.8, 4) is 0 Å². The molecule has 0 unspecified atom stereocenters. The van der Waals surface area contributed by atoms with Crippen molar-refractivity contribution in [1.82, 2.24) is 4.90 Å². The minimum absolute atomic E-state index is 0.106. The molecule has 0 bridgehead atoms. The molecule has 0 radical (unpaired) electrons. The van der Waals surface area contributed by atoms with Gasteiger partial charge in [0.05, 0.1) is 18.8 Å². The summed E-state index contributed by atoms with van der Waals surface area (Å²) in [6.07, 6.45) is 3.55. The first-order chi connectivity index (χ1) is 17.8. The van der Waals surface area contributed by atoms with Crippen molar-refractivity contribution < 1.29 is 19.8 Å². The highest BCUT2D eigenvalue weighted by atomic mass is 127. The number of hydrogen-bond donors (Lipinski definition) is 2. The highest BCUT2D eigenvalue weighted by molar-refractivity contribution is 14.1. The van der Waals surface area contributed by atoms with Gasteiger partial charge in [-0.25, -0.2) is 0 Å². The van der Waals surface area contributed by atoms with E-state index in [0.717, 1.165) is 14.7 Å². The zero-order valence-corrected chi connectivity index (χ0v) is 22.9. The molecule has 1 heterocycles. The molecule has 192 valence electrons. The summed E-state index contributed by atoms with van der Waals surface area (Å²) in [5.74, 6) is -1.07. The van der Waals surface area contributed by atoms with Gasteiger partial charge in [-0.1, -0.05) is 79.7 Å². The van der Waals surface area contributed by atoms with Crippen LogP contribution >= 0.6 is 22.6 Å². The number of para-hydroxylation sites is 1. The molecule has 0 aliphatic carbocycles. The predicted molar refractivity (Wildman–Crippen MR) is 153 cm³/mol. The van der Waals surface area contributed by atoms with E-state index >= 15 is 0 Å². The van der Waals surface area contributed by atoms with E-state index in [1.54, 1.807) is 34.9 Å². The number of fused-ring (bicyclic) bond motifs is 1. The van der Waals surface area contributed by atoms with Crippen LogP contribution in [-0.2, 0) is 28.3 Å². The fourth-order valence-corrected chi connectivity index (χ4v) is 5.34. The molecular formula is C30H31IN2O4. The first kappa shape index (κ1) is 27.0. The molecule has 0 spiro atoms. The van der Waals surface area contributed by atoms with E-state index < -0.39 is 11.5 Å². The van der Waals surface area contributed by atoms with E-state index in [4.69, 9.17) is 0 Å². The second kappa shape index (κ2) is 12.0. The summed E-state index contributed by atoms with van der Waals surface area (Å²) >= 11 is 2.24. The predicted octanol–water partition coefficient (Wildman–Crippen LogP) is 4.63. The van der Waals surface area contributed by atoms with Crippen LogP contribution in [0.15, 0.2) is 91.0 Å². The number of aliphatic hydroxyl groups is 2. The molecule has 7 heteroatoms. The van der Waals surface area contributed by atoms with Gasteiger partial charge in [-0.05, 0) is 51.9 Å². The average molecular weight is 610 g/mol. The molecular weight excluding hydrogens is 579 g/mol. The Bertz CT molecular complexity index is 1280. The Hall–Kier alpha value is -3.01. The van der Waals surface area contributed by atoms with Gasteiger partial charge in [0.1, 0.15) is 0 Å². The molecule has 2 N–H and O–H groups in total. The number of halogens is 1. The van der Waals surface area contributed by atoms with E-state index in [0.29, 0.717) is 24.3 Å². The molecule has 1 aliphatic rings. The van der Waals surface area contributed by atoms with E-state index in [9.17, 15) is 19.8 Å². The second-order valence-electron chi connectivity index (χ2n) is 9.25. The topological polar surface area (TPSA) is 81.1 Å². The van der Waals surface area contributed by atoms with Gasteiger partial charge < -0.3 is 20.0 Å². The Kier molecular flexibility index (Phi) is 8.79. The van der Waals surface area contributed by atoms with Gasteiger partial charge in [-0.2, -0.15) is 0 Å². The molecule has 2 atom stereocenters. The van der Waals surface area contributed by atoms with Gasteiger partial charge in [0, 0.05) is 34.6 Å². The Labute approximate surface area is 231 Å². The molecule has 37 heavy (non-hydrogen) atoms. The smallest absolute Gasteiger partial charge is 0.264 e. The van der Waals surface area contributed by atoms with Crippen LogP contribution in [0.3, 0.4) is 0 Å². The zero-order chi connectivity index (χ0) is 26.4. The number of amides is 2. The third kappa shape index (κ3) is 5.95. The van der Waals surface area contributed by atoms with Crippen LogP contribution in [0.4, 0.5) is 5.69 Å². The lowest BCUT2D eigenvalue weighted by Gasteiger charge is -2.28. The number of anilines is 1. The van der Waals surface area contributed by atoms with Crippen LogP contribution in [0, 0.1) is 9.49 Å². The van der Waals surface area contributed by atoms with E-state index in [2.05, 4.69) is 22.6 Å². The molecule has 3 aromatic carbocycles. The highest BCUT2D eigenvalue weighted by Gasteiger charge is 2.52. The summed E-state index contributed by atoms with van der Waals surface area (Å²) in [6.45, 7) is 2.67. The number of aliphatic hydroxyl groups excluding tert-OH is 1. The Morgan fingerprint density at radius 2 is 1.76 bits per heavy atom. The molecule has 3 aromatic rings. The van der Waals surface area contributed by atoms with Crippen molar-refractivity contribution in [3.05, 3.63) is 111 Å². The quantitative estimate of drug-likeness (QED) is 0.259. The summed E-state index contributed by atoms with van der Waals surface area (Å²) in [7, 11) is 0. The summed E-state index contributed by atoms with van der Waals surface area (Å²) in [6, 6.07) is 24.9. The first-order valence-electron chi connectivity index (χ1n) is 12.3. The van der Waals surface area contributed by atoms with Crippen molar-refractivity contribution in [2.24, 2.45) is 5.92 Å². The van der Waals surface area contributed by atoms with Crippen molar-refractivity contribution in [2.75, 3.05) is 18.1 Å². The molecule has 0 aromatic heterocycles. The molecule has 1 aliphatic heterocycles. The number of carbonyl (C=O) groups is 2. The maximum absolute atomic E-state index is 13.6. The maximum Gasteiger partial charge on any atom is 0.264 e. The minimum Gasteiger partial charge on any atom is -0.395 e. The fourth-order valence-electron chi connectivity index (χ4n) is 4.73. The van der Waals surface area contributed by atoms with Crippen LogP contribution in [-0.4, -0.2) is 40.1 Å². The number of hydrogen-bond acceptors (Lipinski definition) is 4. The molecule has 4 rings (SSSR count). The van der Waals surface area contributed by atoms with Crippen LogP contribution in [0.25, 0.3) is 0 Å². The standard InChI is InChI=1S/C30H31IN2O4/c1-22(9-7-16-28(35)32(17-18-34)20-23-10-3-2-4-11-23)30(37)26-14-5-6-15-27(26)33(29(30)36)21-24-12-8-13-25(31)19-24/h2-15,19,22,34,37H,16-18,20-21H2,1H3/b9-7+/t22-,30+/m1/s1. The summed E-state index contributed by atoms with van der Waals surface area (Å²) in [4.78, 5) is 29.8. The summed E-state index contributed by atoms with van der Waals surface area (Å²) < 4.78 is 1.08. The van der Waals surface area contributed by atoms with Gasteiger partial charge in [0.25, 0.3) is 5.91 Å². The number of rotatable bonds is 10. The van der Waals surface area contributed by atoms with Crippen LogP contribution < -0.4 is 4.90 Å². The van der Waals surface area contributed by atoms with Crippen LogP contribution in [0.5, 0.6) is 0 Å². The lowest BCUT2D eigenvalue weighted by atomic mass is 9.83.